The van der Waals surface area contributed by atoms with Crippen LogP contribution in [0, 0.1) is 11.7 Å². The maximum absolute atomic E-state index is 12.9. The minimum Gasteiger partial charge on any atom is -0.484 e. The molecule has 0 radical (unpaired) electrons. The van der Waals surface area contributed by atoms with Crippen molar-refractivity contribution in [1.82, 2.24) is 9.80 Å². The Labute approximate surface area is 158 Å². The van der Waals surface area contributed by atoms with Gasteiger partial charge < -0.3 is 25.0 Å². The summed E-state index contributed by atoms with van der Waals surface area (Å²) in [5.74, 6) is 0.0566. The summed E-state index contributed by atoms with van der Waals surface area (Å²) in [6.45, 7) is 3.05. The van der Waals surface area contributed by atoms with E-state index in [4.69, 9.17) is 15.2 Å². The number of hydrogen-bond acceptors (Lipinski definition) is 5. The van der Waals surface area contributed by atoms with Gasteiger partial charge in [0.1, 0.15) is 11.6 Å². The average Bonchev–Trinajstić information content (AvgIpc) is 2.73. The molecule has 8 heteroatoms. The van der Waals surface area contributed by atoms with Crippen molar-refractivity contribution in [3.05, 3.63) is 30.1 Å². The maximum atomic E-state index is 12.9. The number of hydrogen-bond donors (Lipinski definition) is 1. The quantitative estimate of drug-likeness (QED) is 0.811. The first-order valence-electron chi connectivity index (χ1n) is 9.33. The highest BCUT2D eigenvalue weighted by Gasteiger charge is 2.32. The Morgan fingerprint density at radius 3 is 2.33 bits per heavy atom. The number of amides is 2. The highest BCUT2D eigenvalue weighted by molar-refractivity contribution is 5.83. The van der Waals surface area contributed by atoms with Gasteiger partial charge >= 0.3 is 0 Å². The van der Waals surface area contributed by atoms with Crippen molar-refractivity contribution < 1.29 is 23.5 Å². The predicted molar refractivity (Wildman–Crippen MR) is 96.6 cm³/mol. The smallest absolute Gasteiger partial charge is 0.260 e. The molecule has 2 aliphatic heterocycles. The highest BCUT2D eigenvalue weighted by atomic mass is 19.1. The summed E-state index contributed by atoms with van der Waals surface area (Å²) >= 11 is 0. The van der Waals surface area contributed by atoms with Crippen LogP contribution in [0.5, 0.6) is 5.75 Å². The molecular weight excluding hydrogens is 353 g/mol. The number of rotatable bonds is 5. The lowest BCUT2D eigenvalue weighted by molar-refractivity contribution is -0.142. The largest absolute Gasteiger partial charge is 0.484 e. The molecule has 148 valence electrons. The zero-order valence-corrected chi connectivity index (χ0v) is 15.3. The summed E-state index contributed by atoms with van der Waals surface area (Å²) in [6, 6.07) is 5.03. The fourth-order valence-electron chi connectivity index (χ4n) is 3.43. The van der Waals surface area contributed by atoms with Crippen molar-refractivity contribution >= 4 is 11.8 Å². The van der Waals surface area contributed by atoms with Crippen LogP contribution in [0.1, 0.15) is 12.8 Å². The van der Waals surface area contributed by atoms with Crippen molar-refractivity contribution in [2.45, 2.75) is 18.9 Å². The normalized spacial score (nSPS) is 19.6. The Balaban J connectivity index is 1.42. The summed E-state index contributed by atoms with van der Waals surface area (Å²) in [5.41, 5.74) is 6.17. The second-order valence-electron chi connectivity index (χ2n) is 6.92. The van der Waals surface area contributed by atoms with E-state index >= 15 is 0 Å². The molecule has 3 rings (SSSR count). The fraction of sp³-hybridized carbons (Fsp3) is 0.579. The molecule has 1 atom stereocenters. The Bertz CT molecular complexity index is 641. The molecule has 0 aromatic heterocycles. The number of benzene rings is 1. The molecule has 2 heterocycles. The molecule has 0 aliphatic carbocycles. The third kappa shape index (κ3) is 5.17. The molecule has 1 aromatic rings. The topological polar surface area (TPSA) is 85.1 Å². The van der Waals surface area contributed by atoms with Crippen LogP contribution < -0.4 is 10.5 Å². The van der Waals surface area contributed by atoms with Gasteiger partial charge in [0, 0.05) is 39.4 Å². The number of halogens is 1. The molecule has 1 unspecified atom stereocenters. The van der Waals surface area contributed by atoms with E-state index in [9.17, 15) is 14.0 Å². The first-order chi connectivity index (χ1) is 13.0. The molecule has 1 aromatic carbocycles. The monoisotopic (exact) mass is 379 g/mol. The van der Waals surface area contributed by atoms with Gasteiger partial charge in [-0.2, -0.15) is 0 Å². The van der Waals surface area contributed by atoms with Crippen LogP contribution in [0.2, 0.25) is 0 Å². The lowest BCUT2D eigenvalue weighted by Crippen LogP contribution is -2.56. The molecule has 2 fully saturated rings. The van der Waals surface area contributed by atoms with Crippen LogP contribution in [0.25, 0.3) is 0 Å². The molecule has 0 spiro atoms. The predicted octanol–water partition coefficient (Wildman–Crippen LogP) is 0.629. The molecule has 0 bridgehead atoms. The summed E-state index contributed by atoms with van der Waals surface area (Å²) < 4.78 is 23.6. The highest BCUT2D eigenvalue weighted by Crippen LogP contribution is 2.19. The van der Waals surface area contributed by atoms with Gasteiger partial charge in [-0.3, -0.25) is 9.59 Å². The number of nitrogens with two attached hydrogens (primary N) is 1. The van der Waals surface area contributed by atoms with Crippen LogP contribution in [-0.2, 0) is 14.3 Å². The minimum atomic E-state index is -0.502. The van der Waals surface area contributed by atoms with Gasteiger partial charge in [-0.15, -0.1) is 0 Å². The number of nitrogens with zero attached hydrogens (tertiary/aromatic N) is 2. The Hall–Kier alpha value is -2.19. The van der Waals surface area contributed by atoms with E-state index in [0.29, 0.717) is 45.1 Å². The molecule has 0 saturated carbocycles. The Morgan fingerprint density at radius 2 is 1.70 bits per heavy atom. The van der Waals surface area contributed by atoms with E-state index in [0.717, 1.165) is 12.8 Å². The van der Waals surface area contributed by atoms with E-state index in [1.807, 2.05) is 0 Å². The lowest BCUT2D eigenvalue weighted by Gasteiger charge is -2.37. The van der Waals surface area contributed by atoms with E-state index in [1.54, 1.807) is 9.80 Å². The molecule has 2 aliphatic rings. The fourth-order valence-corrected chi connectivity index (χ4v) is 3.43. The molecule has 2 N–H and O–H groups in total. The van der Waals surface area contributed by atoms with Gasteiger partial charge in [0.25, 0.3) is 5.91 Å². The van der Waals surface area contributed by atoms with E-state index < -0.39 is 6.04 Å². The molecule has 2 amide bonds. The van der Waals surface area contributed by atoms with Crippen LogP contribution in [-0.4, -0.2) is 73.7 Å². The van der Waals surface area contributed by atoms with Crippen molar-refractivity contribution in [3.63, 3.8) is 0 Å². The number of carbonyl (C=O) groups excluding carboxylic acids is 2. The minimum absolute atomic E-state index is 0.0449. The molecule has 27 heavy (non-hydrogen) atoms. The Morgan fingerprint density at radius 1 is 1.11 bits per heavy atom. The zero-order valence-electron chi connectivity index (χ0n) is 15.3. The third-order valence-corrected chi connectivity index (χ3v) is 5.18. The summed E-state index contributed by atoms with van der Waals surface area (Å²) in [7, 11) is 0. The summed E-state index contributed by atoms with van der Waals surface area (Å²) in [5, 5.41) is 0. The van der Waals surface area contributed by atoms with Crippen molar-refractivity contribution in [3.8, 4) is 5.75 Å². The van der Waals surface area contributed by atoms with E-state index in [1.165, 1.54) is 24.3 Å². The standard InChI is InChI=1S/C19H26FN3O4/c20-15-1-3-16(4-2-15)27-13-17(24)22-7-9-23(10-8-22)19(25)18(21)14-5-11-26-12-6-14/h1-4,14,18H,5-13,21H2. The van der Waals surface area contributed by atoms with E-state index in [2.05, 4.69) is 0 Å². The molecule has 2 saturated heterocycles. The number of carbonyl (C=O) groups is 2. The van der Waals surface area contributed by atoms with Crippen molar-refractivity contribution in [1.29, 1.82) is 0 Å². The molecular formula is C19H26FN3O4. The van der Waals surface area contributed by atoms with Gasteiger partial charge in [-0.25, -0.2) is 4.39 Å². The second kappa shape index (κ2) is 9.14. The first-order valence-corrected chi connectivity index (χ1v) is 9.33. The van der Waals surface area contributed by atoms with E-state index in [-0.39, 0.29) is 30.2 Å². The van der Waals surface area contributed by atoms with Crippen LogP contribution in [0.3, 0.4) is 0 Å². The SMILES string of the molecule is NC(C(=O)N1CCN(C(=O)COc2ccc(F)cc2)CC1)C1CCOCC1. The van der Waals surface area contributed by atoms with Gasteiger partial charge in [0.15, 0.2) is 6.61 Å². The zero-order chi connectivity index (χ0) is 19.2. The summed E-state index contributed by atoms with van der Waals surface area (Å²) in [4.78, 5) is 28.3. The Kier molecular flexibility index (Phi) is 6.63. The first kappa shape index (κ1) is 19.6. The van der Waals surface area contributed by atoms with Gasteiger partial charge in [0.2, 0.25) is 5.91 Å². The van der Waals surface area contributed by atoms with Gasteiger partial charge in [0.05, 0.1) is 6.04 Å². The van der Waals surface area contributed by atoms with Crippen molar-refractivity contribution in [2.75, 3.05) is 46.0 Å². The lowest BCUT2D eigenvalue weighted by atomic mass is 9.91. The number of ether oxygens (including phenoxy) is 2. The molecule has 7 nitrogen and oxygen atoms in total. The van der Waals surface area contributed by atoms with Crippen LogP contribution in [0.4, 0.5) is 4.39 Å². The number of piperazine rings is 1. The van der Waals surface area contributed by atoms with Crippen LogP contribution >= 0.6 is 0 Å². The van der Waals surface area contributed by atoms with Crippen molar-refractivity contribution in [2.24, 2.45) is 11.7 Å². The second-order valence-corrected chi connectivity index (χ2v) is 6.92. The maximum Gasteiger partial charge on any atom is 0.260 e. The summed E-state index contributed by atoms with van der Waals surface area (Å²) in [6.07, 6.45) is 1.62. The average molecular weight is 379 g/mol. The van der Waals surface area contributed by atoms with Crippen LogP contribution in [0.15, 0.2) is 24.3 Å². The third-order valence-electron chi connectivity index (χ3n) is 5.18. The van der Waals surface area contributed by atoms with Gasteiger partial charge in [-0.05, 0) is 43.0 Å². The van der Waals surface area contributed by atoms with Gasteiger partial charge in [-0.1, -0.05) is 0 Å².